The number of amides is 1. The van der Waals surface area contributed by atoms with E-state index in [0.29, 0.717) is 31.6 Å². The van der Waals surface area contributed by atoms with Crippen LogP contribution in [-0.2, 0) is 6.18 Å². The van der Waals surface area contributed by atoms with Gasteiger partial charge in [-0.05, 0) is 43.4 Å². The molecule has 6 rings (SSSR count). The lowest BCUT2D eigenvalue weighted by atomic mass is 9.77. The van der Waals surface area contributed by atoms with Gasteiger partial charge in [-0.3, -0.25) is 4.79 Å². The number of aromatic nitrogens is 3. The van der Waals surface area contributed by atoms with E-state index in [4.69, 9.17) is 4.74 Å². The lowest BCUT2D eigenvalue weighted by Gasteiger charge is -2.49. The summed E-state index contributed by atoms with van der Waals surface area (Å²) in [5, 5.41) is 0. The van der Waals surface area contributed by atoms with E-state index in [2.05, 4.69) is 15.0 Å². The van der Waals surface area contributed by atoms with Crippen molar-refractivity contribution in [3.8, 4) is 17.3 Å². The molecule has 6 nitrogen and oxygen atoms in total. The second-order valence-corrected chi connectivity index (χ2v) is 8.60. The maximum absolute atomic E-state index is 14.9. The molecule has 1 saturated carbocycles. The molecule has 182 valence electrons. The number of rotatable bonds is 4. The number of carbonyl (C=O) groups is 1. The molecule has 3 aromatic rings. The Hall–Kier alpha value is -3.63. The molecule has 2 saturated heterocycles. The van der Waals surface area contributed by atoms with Crippen LogP contribution in [0.1, 0.15) is 35.2 Å². The summed E-state index contributed by atoms with van der Waals surface area (Å²) in [6.07, 6.45) is -0.165. The van der Waals surface area contributed by atoms with Gasteiger partial charge in [0.2, 0.25) is 0 Å². The van der Waals surface area contributed by atoms with E-state index < -0.39 is 47.3 Å². The molecule has 3 fully saturated rings. The smallest absolute Gasteiger partial charge is 0.417 e. The summed E-state index contributed by atoms with van der Waals surface area (Å²) >= 11 is 0. The van der Waals surface area contributed by atoms with Crippen LogP contribution in [0.4, 0.5) is 22.0 Å². The Balaban J connectivity index is 1.43. The van der Waals surface area contributed by atoms with E-state index in [1.165, 1.54) is 29.4 Å². The molecule has 3 atom stereocenters. The van der Waals surface area contributed by atoms with E-state index in [-0.39, 0.29) is 22.9 Å². The van der Waals surface area contributed by atoms with Crippen LogP contribution in [0.3, 0.4) is 0 Å². The highest BCUT2D eigenvalue weighted by atomic mass is 19.4. The van der Waals surface area contributed by atoms with Crippen molar-refractivity contribution >= 4 is 5.91 Å². The lowest BCUT2D eigenvalue weighted by molar-refractivity contribution is -0.138. The van der Waals surface area contributed by atoms with Crippen LogP contribution < -0.4 is 4.74 Å². The van der Waals surface area contributed by atoms with Crippen LogP contribution in [-0.4, -0.2) is 44.4 Å². The highest BCUT2D eigenvalue weighted by Crippen LogP contribution is 2.39. The number of carbonyl (C=O) groups excluding carboxylic acids is 1. The number of benzene rings is 1. The van der Waals surface area contributed by atoms with Gasteiger partial charge in [-0.15, -0.1) is 0 Å². The highest BCUT2D eigenvalue weighted by Gasteiger charge is 2.45. The Bertz CT molecular complexity index is 1250. The first-order chi connectivity index (χ1) is 16.7. The van der Waals surface area contributed by atoms with Gasteiger partial charge in [0.1, 0.15) is 11.9 Å². The monoisotopic (exact) mass is 490 g/mol. The second-order valence-electron chi connectivity index (χ2n) is 8.60. The fraction of sp³-hybridized carbons (Fsp3) is 0.333. The van der Waals surface area contributed by atoms with Gasteiger partial charge >= 0.3 is 6.18 Å². The summed E-state index contributed by atoms with van der Waals surface area (Å²) in [5.41, 5.74) is -1.16. The molecular formula is C24H19F5N4O2. The summed E-state index contributed by atoms with van der Waals surface area (Å²) in [5.74, 6) is -2.90. The minimum atomic E-state index is -4.74. The number of hydrogen-bond acceptors (Lipinski definition) is 5. The van der Waals surface area contributed by atoms with Crippen molar-refractivity contribution in [3.63, 3.8) is 0 Å². The Labute approximate surface area is 196 Å². The Morgan fingerprint density at radius 2 is 1.80 bits per heavy atom. The van der Waals surface area contributed by atoms with Crippen LogP contribution in [0, 0.1) is 17.6 Å². The third-order valence-electron chi connectivity index (χ3n) is 6.41. The number of halogens is 5. The Morgan fingerprint density at radius 1 is 1.03 bits per heavy atom. The van der Waals surface area contributed by atoms with Crippen molar-refractivity contribution in [2.45, 2.75) is 37.6 Å². The summed E-state index contributed by atoms with van der Waals surface area (Å²) < 4.78 is 73.5. The molecule has 1 aromatic carbocycles. The van der Waals surface area contributed by atoms with Crippen molar-refractivity contribution in [2.75, 3.05) is 6.54 Å². The zero-order valence-electron chi connectivity index (χ0n) is 18.2. The van der Waals surface area contributed by atoms with Crippen molar-refractivity contribution < 1.29 is 31.5 Å². The second kappa shape index (κ2) is 8.86. The molecule has 11 heteroatoms. The molecule has 0 unspecified atom stereocenters. The van der Waals surface area contributed by atoms with E-state index >= 15 is 0 Å². The van der Waals surface area contributed by atoms with Crippen molar-refractivity contribution in [1.82, 2.24) is 19.9 Å². The third kappa shape index (κ3) is 4.42. The number of ether oxygens (including phenoxy) is 1. The first-order valence-electron chi connectivity index (χ1n) is 11.0. The SMILES string of the molecule is O=C(c1c(F)cccc1-c1ncccn1)N1C[C@@H]2CC[C@H]1[C@H](Oc1ncc(C(F)(F)F)cc1F)C2. The highest BCUT2D eigenvalue weighted by molar-refractivity contribution is 6.00. The summed E-state index contributed by atoms with van der Waals surface area (Å²) in [6, 6.07) is 5.61. The molecule has 1 aliphatic carbocycles. The molecule has 2 aliphatic heterocycles. The molecule has 0 spiro atoms. The van der Waals surface area contributed by atoms with Crippen LogP contribution >= 0.6 is 0 Å². The van der Waals surface area contributed by atoms with Crippen molar-refractivity contribution in [1.29, 1.82) is 0 Å². The predicted octanol–water partition coefficient (Wildman–Crippen LogP) is 4.91. The molecule has 4 heterocycles. The molecule has 2 bridgehead atoms. The number of nitrogens with zero attached hydrogens (tertiary/aromatic N) is 4. The molecule has 0 N–H and O–H groups in total. The Kier molecular flexibility index (Phi) is 5.86. The van der Waals surface area contributed by atoms with E-state index in [1.807, 2.05) is 0 Å². The fourth-order valence-electron chi connectivity index (χ4n) is 4.81. The molecule has 0 radical (unpaired) electrons. The molecule has 2 aromatic heterocycles. The van der Waals surface area contributed by atoms with Gasteiger partial charge in [0.15, 0.2) is 11.6 Å². The third-order valence-corrected chi connectivity index (χ3v) is 6.41. The number of hydrogen-bond donors (Lipinski definition) is 0. The summed E-state index contributed by atoms with van der Waals surface area (Å²) in [4.78, 5) is 26.9. The number of pyridine rings is 1. The standard InChI is InChI=1S/C24H19F5N4O2/c25-16-4-1-3-15(21-30-7-2-8-31-21)20(16)23(34)33-12-13-5-6-18(33)19(9-13)35-22-17(26)10-14(11-32-22)24(27,28)29/h1-4,7-8,10-11,13,18-19H,5-6,9,12H2/t13-,18+,19-/m1/s1. The zero-order chi connectivity index (χ0) is 24.7. The normalized spacial score (nSPS) is 21.7. The number of alkyl halides is 3. The average molecular weight is 490 g/mol. The largest absolute Gasteiger partial charge is 0.470 e. The van der Waals surface area contributed by atoms with E-state index in [1.54, 1.807) is 12.1 Å². The summed E-state index contributed by atoms with van der Waals surface area (Å²) in [6.45, 7) is 0.357. The van der Waals surface area contributed by atoms with Gasteiger partial charge in [-0.25, -0.2) is 23.7 Å². The van der Waals surface area contributed by atoms with E-state index in [9.17, 15) is 26.7 Å². The fourth-order valence-corrected chi connectivity index (χ4v) is 4.81. The van der Waals surface area contributed by atoms with Gasteiger partial charge in [-0.2, -0.15) is 13.2 Å². The molecular weight excluding hydrogens is 471 g/mol. The average Bonchev–Trinajstić information content (AvgIpc) is 2.85. The number of piperidine rings is 2. The van der Waals surface area contributed by atoms with Crippen LogP contribution in [0.5, 0.6) is 5.88 Å². The minimum absolute atomic E-state index is 0.00894. The first-order valence-corrected chi connectivity index (χ1v) is 11.0. The Morgan fingerprint density at radius 3 is 2.49 bits per heavy atom. The maximum Gasteiger partial charge on any atom is 0.417 e. The molecule has 1 amide bonds. The number of fused-ring (bicyclic) bond motifs is 3. The van der Waals surface area contributed by atoms with Crippen molar-refractivity contribution in [2.24, 2.45) is 5.92 Å². The van der Waals surface area contributed by atoms with Crippen LogP contribution in [0.2, 0.25) is 0 Å². The maximum atomic E-state index is 14.9. The molecule has 35 heavy (non-hydrogen) atoms. The van der Waals surface area contributed by atoms with Crippen LogP contribution in [0.15, 0.2) is 48.9 Å². The summed E-state index contributed by atoms with van der Waals surface area (Å²) in [7, 11) is 0. The van der Waals surface area contributed by atoms with Gasteiger partial charge in [0.05, 0.1) is 17.2 Å². The lowest BCUT2D eigenvalue weighted by Crippen LogP contribution is -2.59. The molecule has 3 aliphatic rings. The predicted molar refractivity (Wildman–Crippen MR) is 113 cm³/mol. The van der Waals surface area contributed by atoms with Crippen LogP contribution in [0.25, 0.3) is 11.4 Å². The van der Waals surface area contributed by atoms with Gasteiger partial charge in [-0.1, -0.05) is 12.1 Å². The van der Waals surface area contributed by atoms with Gasteiger partial charge in [0.25, 0.3) is 11.8 Å². The van der Waals surface area contributed by atoms with Gasteiger partial charge in [0, 0.05) is 30.7 Å². The zero-order valence-corrected chi connectivity index (χ0v) is 18.2. The topological polar surface area (TPSA) is 68.2 Å². The quantitative estimate of drug-likeness (QED) is 0.487. The first kappa shape index (κ1) is 23.1. The van der Waals surface area contributed by atoms with Crippen molar-refractivity contribution in [3.05, 3.63) is 71.7 Å². The van der Waals surface area contributed by atoms with E-state index in [0.717, 1.165) is 6.42 Å². The minimum Gasteiger partial charge on any atom is -0.470 e. The van der Waals surface area contributed by atoms with Gasteiger partial charge < -0.3 is 9.64 Å².